The molecule has 0 bridgehead atoms. The van der Waals surface area contributed by atoms with Gasteiger partial charge in [-0.1, -0.05) is 6.07 Å². The van der Waals surface area contributed by atoms with E-state index in [1.807, 2.05) is 19.2 Å². The Balaban J connectivity index is 1.79. The molecule has 2 N–H and O–H groups in total. The van der Waals surface area contributed by atoms with Crippen LogP contribution in [0.5, 0.6) is 0 Å². The molecule has 0 unspecified atom stereocenters. The van der Waals surface area contributed by atoms with Crippen molar-refractivity contribution in [2.45, 2.75) is 24.8 Å². The van der Waals surface area contributed by atoms with E-state index in [0.717, 1.165) is 35.5 Å². The molecular weight excluding hydrogens is 250 g/mol. The second kappa shape index (κ2) is 4.21. The summed E-state index contributed by atoms with van der Waals surface area (Å²) in [4.78, 5) is 4.71. The van der Waals surface area contributed by atoms with E-state index in [0.29, 0.717) is 12.0 Å². The molecule has 102 valence electrons. The van der Waals surface area contributed by atoms with Gasteiger partial charge in [-0.05, 0) is 48.6 Å². The van der Waals surface area contributed by atoms with Crippen LogP contribution >= 0.6 is 0 Å². The Morgan fingerprint density at radius 3 is 2.85 bits per heavy atom. The summed E-state index contributed by atoms with van der Waals surface area (Å²) in [6, 6.07) is 10.7. The molecule has 4 nitrogen and oxygen atoms in total. The summed E-state index contributed by atoms with van der Waals surface area (Å²) in [5.74, 6) is 2.27. The summed E-state index contributed by atoms with van der Waals surface area (Å²) in [5, 5.41) is 0. The minimum absolute atomic E-state index is 0.373. The first-order chi connectivity index (χ1) is 9.72. The summed E-state index contributed by atoms with van der Waals surface area (Å²) in [5.41, 5.74) is 9.38. The van der Waals surface area contributed by atoms with Gasteiger partial charge in [-0.15, -0.1) is 0 Å². The van der Waals surface area contributed by atoms with Crippen molar-refractivity contribution in [2.24, 2.45) is 12.8 Å². The zero-order chi connectivity index (χ0) is 13.7. The van der Waals surface area contributed by atoms with Gasteiger partial charge in [0.2, 0.25) is 0 Å². The monoisotopic (exact) mass is 267 g/mol. The third kappa shape index (κ3) is 1.68. The second-order valence-electron chi connectivity index (χ2n) is 5.65. The van der Waals surface area contributed by atoms with Gasteiger partial charge in [-0.2, -0.15) is 0 Å². The Hall–Kier alpha value is -2.07. The highest BCUT2D eigenvalue weighted by Gasteiger charge is 2.27. The highest BCUT2D eigenvalue weighted by Crippen LogP contribution is 2.37. The molecule has 4 heteroatoms. The van der Waals surface area contributed by atoms with E-state index in [1.165, 1.54) is 5.56 Å². The maximum atomic E-state index is 5.88. The van der Waals surface area contributed by atoms with E-state index in [4.69, 9.17) is 15.1 Å². The highest BCUT2D eigenvalue weighted by atomic mass is 16.3. The van der Waals surface area contributed by atoms with E-state index in [-0.39, 0.29) is 0 Å². The summed E-state index contributed by atoms with van der Waals surface area (Å²) in [6.07, 6.45) is 3.85. The van der Waals surface area contributed by atoms with Gasteiger partial charge in [0.05, 0.1) is 17.3 Å². The van der Waals surface area contributed by atoms with Crippen LogP contribution in [0.2, 0.25) is 0 Å². The third-order valence-electron chi connectivity index (χ3n) is 4.29. The number of hydrogen-bond donors (Lipinski definition) is 1. The van der Waals surface area contributed by atoms with Crippen molar-refractivity contribution in [3.8, 4) is 11.6 Å². The topological polar surface area (TPSA) is 57.0 Å². The van der Waals surface area contributed by atoms with E-state index in [9.17, 15) is 0 Å². The molecule has 2 heterocycles. The molecule has 0 spiro atoms. The largest absolute Gasteiger partial charge is 0.461 e. The average molecular weight is 267 g/mol. The van der Waals surface area contributed by atoms with Crippen LogP contribution in [0, 0.1) is 0 Å². The van der Waals surface area contributed by atoms with Crippen LogP contribution in [0.4, 0.5) is 0 Å². The maximum Gasteiger partial charge on any atom is 0.176 e. The minimum atomic E-state index is 0.373. The predicted octanol–water partition coefficient (Wildman–Crippen LogP) is 3.04. The van der Waals surface area contributed by atoms with E-state index in [1.54, 1.807) is 6.26 Å². The summed E-state index contributed by atoms with van der Waals surface area (Å²) >= 11 is 0. The molecule has 3 aromatic rings. The van der Waals surface area contributed by atoms with Crippen LogP contribution in [-0.4, -0.2) is 15.6 Å². The maximum absolute atomic E-state index is 5.88. The average Bonchev–Trinajstić information content (AvgIpc) is 3.03. The first-order valence-corrected chi connectivity index (χ1v) is 6.98. The molecule has 0 aliphatic heterocycles. The molecule has 1 aliphatic rings. The number of rotatable bonds is 2. The summed E-state index contributed by atoms with van der Waals surface area (Å²) < 4.78 is 7.53. The van der Waals surface area contributed by atoms with Gasteiger partial charge in [0.25, 0.3) is 0 Å². The van der Waals surface area contributed by atoms with Crippen molar-refractivity contribution < 1.29 is 4.42 Å². The summed E-state index contributed by atoms with van der Waals surface area (Å²) in [6.45, 7) is 0. The molecule has 0 atom stereocenters. The fraction of sp³-hybridized carbons (Fsp3) is 0.312. The Kier molecular flexibility index (Phi) is 2.47. The lowest BCUT2D eigenvalue weighted by Crippen LogP contribution is -2.34. The lowest BCUT2D eigenvalue weighted by molar-refractivity contribution is 0.352. The predicted molar refractivity (Wildman–Crippen MR) is 78.4 cm³/mol. The number of nitrogens with zero attached hydrogens (tertiary/aromatic N) is 2. The van der Waals surface area contributed by atoms with Crippen molar-refractivity contribution >= 4 is 11.0 Å². The van der Waals surface area contributed by atoms with Crippen molar-refractivity contribution in [1.82, 2.24) is 9.55 Å². The highest BCUT2D eigenvalue weighted by molar-refractivity contribution is 5.80. The quantitative estimate of drug-likeness (QED) is 0.776. The van der Waals surface area contributed by atoms with Gasteiger partial charge in [0.15, 0.2) is 11.6 Å². The standard InChI is InChI=1S/C16H17N3O/c1-19-14-5-4-10(11-7-12(17)8-11)9-13(14)18-16(19)15-3-2-6-20-15/h2-6,9,11-12H,7-8,17H2,1H3. The SMILES string of the molecule is Cn1c(-c2ccco2)nc2cc(C3CC(N)C3)ccc21. The van der Waals surface area contributed by atoms with Gasteiger partial charge in [-0.25, -0.2) is 4.98 Å². The van der Waals surface area contributed by atoms with Gasteiger partial charge in [-0.3, -0.25) is 0 Å². The number of nitrogens with two attached hydrogens (primary N) is 1. The minimum Gasteiger partial charge on any atom is -0.461 e. The number of aryl methyl sites for hydroxylation is 1. The normalized spacial score (nSPS) is 22.1. The van der Waals surface area contributed by atoms with Crippen LogP contribution < -0.4 is 5.73 Å². The van der Waals surface area contributed by atoms with E-state index < -0.39 is 0 Å². The first-order valence-electron chi connectivity index (χ1n) is 6.98. The van der Waals surface area contributed by atoms with Gasteiger partial charge >= 0.3 is 0 Å². The molecule has 1 saturated carbocycles. The van der Waals surface area contributed by atoms with Crippen molar-refractivity contribution in [1.29, 1.82) is 0 Å². The van der Waals surface area contributed by atoms with Crippen LogP contribution in [0.3, 0.4) is 0 Å². The molecule has 0 saturated heterocycles. The fourth-order valence-electron chi connectivity index (χ4n) is 3.03. The van der Waals surface area contributed by atoms with Gasteiger partial charge < -0.3 is 14.7 Å². The lowest BCUT2D eigenvalue weighted by Gasteiger charge is -2.32. The van der Waals surface area contributed by atoms with Crippen molar-refractivity contribution in [2.75, 3.05) is 0 Å². The van der Waals surface area contributed by atoms with Gasteiger partial charge in [0, 0.05) is 13.1 Å². The number of hydrogen-bond acceptors (Lipinski definition) is 3. The lowest BCUT2D eigenvalue weighted by atomic mass is 9.76. The molecule has 1 fully saturated rings. The molecule has 4 rings (SSSR count). The van der Waals surface area contributed by atoms with E-state index >= 15 is 0 Å². The van der Waals surface area contributed by atoms with Crippen LogP contribution in [0.25, 0.3) is 22.6 Å². The smallest absolute Gasteiger partial charge is 0.176 e. The zero-order valence-electron chi connectivity index (χ0n) is 11.4. The molecular formula is C16H17N3O. The van der Waals surface area contributed by atoms with Crippen molar-refractivity contribution in [3.05, 3.63) is 42.2 Å². The molecule has 1 aromatic carbocycles. The zero-order valence-corrected chi connectivity index (χ0v) is 11.4. The molecule has 1 aliphatic carbocycles. The number of aromatic nitrogens is 2. The Morgan fingerprint density at radius 1 is 1.30 bits per heavy atom. The molecule has 0 amide bonds. The van der Waals surface area contributed by atoms with Crippen LogP contribution in [0.15, 0.2) is 41.0 Å². The second-order valence-corrected chi connectivity index (χ2v) is 5.65. The first kappa shape index (κ1) is 11.7. The molecule has 2 aromatic heterocycles. The van der Waals surface area contributed by atoms with Crippen molar-refractivity contribution in [3.63, 3.8) is 0 Å². The number of furan rings is 1. The number of benzene rings is 1. The summed E-state index contributed by atoms with van der Waals surface area (Å²) in [7, 11) is 2.02. The number of imidazole rings is 1. The Morgan fingerprint density at radius 2 is 2.15 bits per heavy atom. The van der Waals surface area contributed by atoms with E-state index in [2.05, 4.69) is 22.8 Å². The van der Waals surface area contributed by atoms with Crippen LogP contribution in [-0.2, 0) is 7.05 Å². The van der Waals surface area contributed by atoms with Gasteiger partial charge in [0.1, 0.15) is 0 Å². The third-order valence-corrected chi connectivity index (χ3v) is 4.29. The Labute approximate surface area is 117 Å². The molecule has 0 radical (unpaired) electrons. The number of fused-ring (bicyclic) bond motifs is 1. The Bertz CT molecular complexity index is 751. The van der Waals surface area contributed by atoms with Crippen LogP contribution in [0.1, 0.15) is 24.3 Å². The molecule has 20 heavy (non-hydrogen) atoms. The fourth-order valence-corrected chi connectivity index (χ4v) is 3.03.